The van der Waals surface area contributed by atoms with Crippen LogP contribution in [0.1, 0.15) is 25.3 Å². The van der Waals surface area contributed by atoms with Crippen LogP contribution in [-0.2, 0) is 17.8 Å². The van der Waals surface area contributed by atoms with Gasteiger partial charge in [-0.05, 0) is 12.0 Å². The average Bonchev–Trinajstić information content (AvgIpc) is 2.86. The zero-order chi connectivity index (χ0) is 13.7. The summed E-state index contributed by atoms with van der Waals surface area (Å²) in [5.41, 5.74) is 3.28. The summed E-state index contributed by atoms with van der Waals surface area (Å²) in [5.74, 6) is -0.792. The summed E-state index contributed by atoms with van der Waals surface area (Å²) in [6, 6.07) is 8.37. The monoisotopic (exact) mass is 258 g/mol. The van der Waals surface area contributed by atoms with Crippen LogP contribution in [0.3, 0.4) is 0 Å². The van der Waals surface area contributed by atoms with Gasteiger partial charge in [0.25, 0.3) is 0 Å². The van der Waals surface area contributed by atoms with Crippen molar-refractivity contribution in [3.63, 3.8) is 0 Å². The lowest BCUT2D eigenvalue weighted by Gasteiger charge is -2.01. The number of aliphatic carboxylic acids is 1. The maximum Gasteiger partial charge on any atom is 0.305 e. The van der Waals surface area contributed by atoms with E-state index in [1.165, 1.54) is 5.56 Å². The Balaban J connectivity index is 2.07. The molecule has 1 aromatic heterocycles. The van der Waals surface area contributed by atoms with E-state index >= 15 is 0 Å². The molecule has 0 saturated heterocycles. The van der Waals surface area contributed by atoms with Crippen LogP contribution in [0.15, 0.2) is 36.8 Å². The highest BCUT2D eigenvalue weighted by Crippen LogP contribution is 2.18. The van der Waals surface area contributed by atoms with Crippen LogP contribution in [0, 0.1) is 0 Å². The molecule has 0 aliphatic rings. The number of carbonyl (C=O) groups is 1. The topological polar surface area (TPSA) is 55.1 Å². The summed E-state index contributed by atoms with van der Waals surface area (Å²) in [6.07, 6.45) is 5.91. The Morgan fingerprint density at radius 1 is 1.32 bits per heavy atom. The van der Waals surface area contributed by atoms with Crippen molar-refractivity contribution in [1.29, 1.82) is 0 Å². The number of carboxylic acids is 1. The number of hydrogen-bond acceptors (Lipinski definition) is 2. The molecule has 4 heteroatoms. The summed E-state index contributed by atoms with van der Waals surface area (Å²) < 4.78 is 1.81. The van der Waals surface area contributed by atoms with Gasteiger partial charge in [-0.2, -0.15) is 0 Å². The number of aryl methyl sites for hydroxylation is 2. The highest BCUT2D eigenvalue weighted by Gasteiger charge is 2.04. The number of nitrogens with zero attached hydrogens (tertiary/aromatic N) is 2. The molecule has 1 aromatic carbocycles. The molecule has 19 heavy (non-hydrogen) atoms. The molecule has 0 unspecified atom stereocenters. The van der Waals surface area contributed by atoms with E-state index in [2.05, 4.69) is 36.2 Å². The number of hydrogen-bond donors (Lipinski definition) is 1. The number of imidazole rings is 1. The van der Waals surface area contributed by atoms with E-state index in [4.69, 9.17) is 5.11 Å². The quantitative estimate of drug-likeness (QED) is 0.866. The zero-order valence-corrected chi connectivity index (χ0v) is 11.0. The first-order valence-corrected chi connectivity index (χ1v) is 6.52. The molecule has 0 aliphatic carbocycles. The number of carboxylic acid groups (broad SMARTS) is 1. The van der Waals surface area contributed by atoms with Crippen molar-refractivity contribution in [2.45, 2.75) is 32.7 Å². The first kappa shape index (κ1) is 13.3. The molecule has 0 spiro atoms. The number of rotatable bonds is 6. The molecular weight excluding hydrogens is 240 g/mol. The zero-order valence-electron chi connectivity index (χ0n) is 11.0. The Labute approximate surface area is 112 Å². The summed E-state index contributed by atoms with van der Waals surface area (Å²) in [6.45, 7) is 2.62. The van der Waals surface area contributed by atoms with Gasteiger partial charge in [0.15, 0.2) is 0 Å². The average molecular weight is 258 g/mol. The lowest BCUT2D eigenvalue weighted by atomic mass is 10.1. The Morgan fingerprint density at radius 2 is 2.05 bits per heavy atom. The van der Waals surface area contributed by atoms with Crippen LogP contribution in [0.4, 0.5) is 0 Å². The van der Waals surface area contributed by atoms with Gasteiger partial charge in [0.1, 0.15) is 0 Å². The van der Waals surface area contributed by atoms with Gasteiger partial charge in [0, 0.05) is 18.3 Å². The fourth-order valence-electron chi connectivity index (χ4n) is 1.99. The smallest absolute Gasteiger partial charge is 0.305 e. The Morgan fingerprint density at radius 3 is 2.68 bits per heavy atom. The molecule has 0 saturated carbocycles. The van der Waals surface area contributed by atoms with Crippen molar-refractivity contribution < 1.29 is 9.90 Å². The van der Waals surface area contributed by atoms with E-state index in [9.17, 15) is 4.79 Å². The lowest BCUT2D eigenvalue weighted by molar-refractivity contribution is -0.137. The first-order chi connectivity index (χ1) is 9.19. The summed E-state index contributed by atoms with van der Waals surface area (Å²) in [4.78, 5) is 14.8. The Hall–Kier alpha value is -2.10. The number of aromatic nitrogens is 2. The Bertz CT molecular complexity index is 544. The van der Waals surface area contributed by atoms with E-state index in [0.29, 0.717) is 6.54 Å². The number of benzene rings is 1. The minimum atomic E-state index is -0.792. The standard InChI is InChI=1S/C15H18N2O2/c1-2-3-12-4-6-13(7-5-12)14-10-17(11-16-14)9-8-15(18)19/h4-7,10-11H,2-3,8-9H2,1H3,(H,18,19). The largest absolute Gasteiger partial charge is 0.481 e. The van der Waals surface area contributed by atoms with Gasteiger partial charge < -0.3 is 9.67 Å². The Kier molecular flexibility index (Phi) is 4.34. The van der Waals surface area contributed by atoms with Gasteiger partial charge in [-0.15, -0.1) is 0 Å². The predicted molar refractivity (Wildman–Crippen MR) is 73.9 cm³/mol. The molecule has 1 N–H and O–H groups in total. The highest BCUT2D eigenvalue weighted by atomic mass is 16.4. The molecule has 0 aliphatic heterocycles. The van der Waals surface area contributed by atoms with Crippen LogP contribution < -0.4 is 0 Å². The van der Waals surface area contributed by atoms with Gasteiger partial charge in [0.2, 0.25) is 0 Å². The van der Waals surface area contributed by atoms with Crippen molar-refractivity contribution >= 4 is 5.97 Å². The van der Waals surface area contributed by atoms with Gasteiger partial charge in [-0.1, -0.05) is 37.6 Å². The third-order valence-corrected chi connectivity index (χ3v) is 3.01. The van der Waals surface area contributed by atoms with Gasteiger partial charge in [0.05, 0.1) is 18.4 Å². The third-order valence-electron chi connectivity index (χ3n) is 3.01. The second kappa shape index (κ2) is 6.18. The van der Waals surface area contributed by atoms with Crippen LogP contribution in [0.5, 0.6) is 0 Å². The van der Waals surface area contributed by atoms with Crippen molar-refractivity contribution in [3.8, 4) is 11.3 Å². The predicted octanol–water partition coefficient (Wildman–Crippen LogP) is 2.98. The van der Waals surface area contributed by atoms with Gasteiger partial charge in [-0.3, -0.25) is 4.79 Å². The molecule has 0 atom stereocenters. The highest BCUT2D eigenvalue weighted by molar-refractivity contribution is 5.66. The SMILES string of the molecule is CCCc1ccc(-c2cn(CCC(=O)O)cn2)cc1. The van der Waals surface area contributed by atoms with Crippen LogP contribution >= 0.6 is 0 Å². The summed E-state index contributed by atoms with van der Waals surface area (Å²) in [7, 11) is 0. The molecule has 1 heterocycles. The van der Waals surface area contributed by atoms with E-state index in [1.54, 1.807) is 6.33 Å². The fraction of sp³-hybridized carbons (Fsp3) is 0.333. The minimum Gasteiger partial charge on any atom is -0.481 e. The molecule has 0 amide bonds. The summed E-state index contributed by atoms with van der Waals surface area (Å²) >= 11 is 0. The maximum absolute atomic E-state index is 10.5. The molecule has 4 nitrogen and oxygen atoms in total. The van der Waals surface area contributed by atoms with E-state index in [1.807, 2.05) is 10.8 Å². The molecule has 0 bridgehead atoms. The molecule has 100 valence electrons. The van der Waals surface area contributed by atoms with Crippen LogP contribution in [-0.4, -0.2) is 20.6 Å². The molecule has 2 aromatic rings. The van der Waals surface area contributed by atoms with E-state index in [-0.39, 0.29) is 6.42 Å². The molecular formula is C15H18N2O2. The molecule has 2 rings (SSSR count). The molecule has 0 fully saturated rings. The van der Waals surface area contributed by atoms with E-state index < -0.39 is 5.97 Å². The van der Waals surface area contributed by atoms with Crippen molar-refractivity contribution in [2.75, 3.05) is 0 Å². The van der Waals surface area contributed by atoms with E-state index in [0.717, 1.165) is 24.1 Å². The van der Waals surface area contributed by atoms with Crippen molar-refractivity contribution in [3.05, 3.63) is 42.4 Å². The van der Waals surface area contributed by atoms with Gasteiger partial charge in [-0.25, -0.2) is 4.98 Å². The van der Waals surface area contributed by atoms with Crippen LogP contribution in [0.25, 0.3) is 11.3 Å². The lowest BCUT2D eigenvalue weighted by Crippen LogP contribution is -2.02. The van der Waals surface area contributed by atoms with Crippen molar-refractivity contribution in [2.24, 2.45) is 0 Å². The van der Waals surface area contributed by atoms with Crippen LogP contribution in [0.2, 0.25) is 0 Å². The second-order valence-corrected chi connectivity index (χ2v) is 4.59. The third kappa shape index (κ3) is 3.68. The van der Waals surface area contributed by atoms with Gasteiger partial charge >= 0.3 is 5.97 Å². The summed E-state index contributed by atoms with van der Waals surface area (Å²) in [5, 5.41) is 8.65. The normalized spacial score (nSPS) is 10.6. The van der Waals surface area contributed by atoms with Crippen molar-refractivity contribution in [1.82, 2.24) is 9.55 Å². The first-order valence-electron chi connectivity index (χ1n) is 6.52. The minimum absolute atomic E-state index is 0.116. The molecule has 0 radical (unpaired) electrons. The fourth-order valence-corrected chi connectivity index (χ4v) is 1.99. The maximum atomic E-state index is 10.5. The second-order valence-electron chi connectivity index (χ2n) is 4.59.